The first-order valence-electron chi connectivity index (χ1n) is 11.0. The largest absolute Gasteiger partial charge is 0.335 e. The van der Waals surface area contributed by atoms with E-state index in [9.17, 15) is 9.18 Å². The minimum atomic E-state index is -0.165. The molecule has 1 saturated heterocycles. The van der Waals surface area contributed by atoms with E-state index in [1.165, 1.54) is 11.6 Å². The Kier molecular flexibility index (Phi) is 6.06. The average molecular weight is 448 g/mol. The summed E-state index contributed by atoms with van der Waals surface area (Å²) in [5.41, 5.74) is 3.88. The van der Waals surface area contributed by atoms with Gasteiger partial charge in [-0.15, -0.1) is 11.3 Å². The van der Waals surface area contributed by atoms with Crippen molar-refractivity contribution in [2.75, 3.05) is 26.2 Å². The Morgan fingerprint density at radius 3 is 2.47 bits per heavy atom. The quantitative estimate of drug-likeness (QED) is 0.414. The molecule has 4 nitrogen and oxygen atoms in total. The van der Waals surface area contributed by atoms with Gasteiger partial charge in [-0.2, -0.15) is 0 Å². The number of amides is 1. The maximum Gasteiger partial charge on any atom is 0.270 e. The second kappa shape index (κ2) is 9.27. The summed E-state index contributed by atoms with van der Waals surface area (Å²) >= 11 is 1.68. The van der Waals surface area contributed by atoms with Crippen molar-refractivity contribution in [1.82, 2.24) is 14.4 Å². The van der Waals surface area contributed by atoms with E-state index >= 15 is 0 Å². The number of carbonyl (C=O) groups is 1. The first-order chi connectivity index (χ1) is 15.7. The van der Waals surface area contributed by atoms with Gasteiger partial charge in [0.25, 0.3) is 5.91 Å². The summed E-state index contributed by atoms with van der Waals surface area (Å²) in [6.45, 7) is 4.17. The Balaban J connectivity index is 1.28. The third kappa shape index (κ3) is 4.33. The van der Waals surface area contributed by atoms with Gasteiger partial charge in [0.05, 0.1) is 10.2 Å². The monoisotopic (exact) mass is 447 g/mol. The van der Waals surface area contributed by atoms with E-state index in [-0.39, 0.29) is 11.7 Å². The Morgan fingerprint density at radius 1 is 0.938 bits per heavy atom. The van der Waals surface area contributed by atoms with Gasteiger partial charge in [-0.1, -0.05) is 48.5 Å². The van der Waals surface area contributed by atoms with Crippen LogP contribution in [-0.2, 0) is 19.5 Å². The molecule has 4 aromatic rings. The molecule has 1 amide bonds. The smallest absolute Gasteiger partial charge is 0.270 e. The number of rotatable bonds is 6. The van der Waals surface area contributed by atoms with Crippen LogP contribution in [0.4, 0.5) is 4.39 Å². The van der Waals surface area contributed by atoms with Gasteiger partial charge in [-0.25, -0.2) is 4.39 Å². The number of aromatic nitrogens is 1. The summed E-state index contributed by atoms with van der Waals surface area (Å²) in [5, 5.41) is 2.08. The first-order valence-corrected chi connectivity index (χ1v) is 11.9. The molecule has 32 heavy (non-hydrogen) atoms. The Hall–Kier alpha value is -2.96. The Bertz CT molecular complexity index is 1210. The highest BCUT2D eigenvalue weighted by Gasteiger charge is 2.26. The number of thiophene rings is 1. The fourth-order valence-corrected chi connectivity index (χ4v) is 5.24. The molecule has 0 radical (unpaired) electrons. The molecule has 2 aromatic heterocycles. The lowest BCUT2D eigenvalue weighted by Crippen LogP contribution is -2.48. The summed E-state index contributed by atoms with van der Waals surface area (Å²) in [7, 11) is 0. The van der Waals surface area contributed by atoms with Crippen LogP contribution in [0.15, 0.2) is 72.1 Å². The lowest BCUT2D eigenvalue weighted by Gasteiger charge is -2.35. The molecular weight excluding hydrogens is 421 g/mol. The van der Waals surface area contributed by atoms with Crippen LogP contribution in [0.5, 0.6) is 0 Å². The molecule has 6 heteroatoms. The van der Waals surface area contributed by atoms with Crippen molar-refractivity contribution < 1.29 is 9.18 Å². The van der Waals surface area contributed by atoms with Gasteiger partial charge in [0.15, 0.2) is 0 Å². The molecule has 0 atom stereocenters. The van der Waals surface area contributed by atoms with Crippen molar-refractivity contribution in [3.05, 3.63) is 94.7 Å². The van der Waals surface area contributed by atoms with Crippen LogP contribution in [-0.4, -0.2) is 46.5 Å². The molecule has 0 unspecified atom stereocenters. The van der Waals surface area contributed by atoms with E-state index < -0.39 is 0 Å². The topological polar surface area (TPSA) is 28.5 Å². The van der Waals surface area contributed by atoms with Gasteiger partial charge in [0.1, 0.15) is 11.5 Å². The highest BCUT2D eigenvalue weighted by atomic mass is 32.1. The van der Waals surface area contributed by atoms with Crippen LogP contribution in [0.25, 0.3) is 10.2 Å². The molecule has 1 aliphatic rings. The van der Waals surface area contributed by atoms with Crippen molar-refractivity contribution >= 4 is 27.5 Å². The molecule has 164 valence electrons. The second-order valence-electron chi connectivity index (χ2n) is 8.25. The molecule has 1 fully saturated rings. The van der Waals surface area contributed by atoms with Crippen molar-refractivity contribution in [3.8, 4) is 0 Å². The van der Waals surface area contributed by atoms with E-state index in [0.717, 1.165) is 42.0 Å². The molecular formula is C26H26FN3OS. The number of halogens is 1. The number of hydrogen-bond donors (Lipinski definition) is 0. The summed E-state index contributed by atoms with van der Waals surface area (Å²) in [5.74, 6) is -0.0747. The Labute approximate surface area is 191 Å². The van der Waals surface area contributed by atoms with Crippen LogP contribution in [0.2, 0.25) is 0 Å². The molecule has 2 aromatic carbocycles. The van der Waals surface area contributed by atoms with Gasteiger partial charge >= 0.3 is 0 Å². The molecule has 0 spiro atoms. The number of carbonyl (C=O) groups excluding carboxylic acids is 1. The summed E-state index contributed by atoms with van der Waals surface area (Å²) in [4.78, 5) is 17.6. The molecule has 0 aliphatic carbocycles. The summed E-state index contributed by atoms with van der Waals surface area (Å²) in [6, 6.07) is 21.5. The van der Waals surface area contributed by atoms with E-state index in [1.54, 1.807) is 17.4 Å². The molecule has 3 heterocycles. The van der Waals surface area contributed by atoms with E-state index in [4.69, 9.17) is 0 Å². The first kappa shape index (κ1) is 20.9. The number of hydrogen-bond acceptors (Lipinski definition) is 3. The minimum Gasteiger partial charge on any atom is -0.335 e. The SMILES string of the molecule is O=C(c1cc2sccc2n1CCc1ccccc1)N1CCN(Cc2ccccc2F)CC1. The van der Waals surface area contributed by atoms with Crippen molar-refractivity contribution in [1.29, 1.82) is 0 Å². The van der Waals surface area contributed by atoms with Gasteiger partial charge in [-0.05, 0) is 35.6 Å². The zero-order valence-electron chi connectivity index (χ0n) is 17.9. The maximum absolute atomic E-state index is 14.0. The molecule has 0 bridgehead atoms. The van der Waals surface area contributed by atoms with Crippen molar-refractivity contribution in [3.63, 3.8) is 0 Å². The number of piperazine rings is 1. The Morgan fingerprint density at radius 2 is 1.69 bits per heavy atom. The van der Waals surface area contributed by atoms with Gasteiger partial charge in [0.2, 0.25) is 0 Å². The number of benzene rings is 2. The average Bonchev–Trinajstić information content (AvgIpc) is 3.42. The van der Waals surface area contributed by atoms with Crippen molar-refractivity contribution in [2.45, 2.75) is 19.5 Å². The molecule has 1 aliphatic heterocycles. The van der Waals surface area contributed by atoms with Gasteiger partial charge < -0.3 is 9.47 Å². The molecule has 0 saturated carbocycles. The zero-order valence-corrected chi connectivity index (χ0v) is 18.7. The third-order valence-corrected chi connectivity index (χ3v) is 7.07. The fraction of sp³-hybridized carbons (Fsp3) is 0.269. The lowest BCUT2D eigenvalue weighted by molar-refractivity contribution is 0.0617. The highest BCUT2D eigenvalue weighted by Crippen LogP contribution is 2.27. The summed E-state index contributed by atoms with van der Waals surface area (Å²) in [6.07, 6.45) is 0.886. The highest BCUT2D eigenvalue weighted by molar-refractivity contribution is 7.17. The van der Waals surface area contributed by atoms with Crippen LogP contribution in [0.3, 0.4) is 0 Å². The van der Waals surface area contributed by atoms with E-state index in [2.05, 4.69) is 45.2 Å². The van der Waals surface area contributed by atoms with Gasteiger partial charge in [0, 0.05) is 44.8 Å². The third-order valence-electron chi connectivity index (χ3n) is 6.22. The predicted molar refractivity (Wildman–Crippen MR) is 128 cm³/mol. The zero-order chi connectivity index (χ0) is 21.9. The summed E-state index contributed by atoms with van der Waals surface area (Å²) < 4.78 is 17.3. The van der Waals surface area contributed by atoms with Crippen molar-refractivity contribution in [2.24, 2.45) is 0 Å². The van der Waals surface area contributed by atoms with Crippen LogP contribution >= 0.6 is 11.3 Å². The van der Waals surface area contributed by atoms with Crippen LogP contribution < -0.4 is 0 Å². The fourth-order valence-electron chi connectivity index (χ4n) is 4.42. The standard InChI is InChI=1S/C26H26FN3OS/c27-22-9-5-4-8-21(22)19-28-13-15-29(16-14-28)26(31)24-18-25-23(11-17-32-25)30(24)12-10-20-6-2-1-3-7-20/h1-9,11,17-18H,10,12-16,19H2. The normalized spacial score (nSPS) is 14.8. The van der Waals surface area contributed by atoms with E-state index in [1.807, 2.05) is 29.2 Å². The van der Waals surface area contributed by atoms with Gasteiger partial charge in [-0.3, -0.25) is 9.69 Å². The number of nitrogens with zero attached hydrogens (tertiary/aromatic N) is 3. The number of fused-ring (bicyclic) bond motifs is 1. The minimum absolute atomic E-state index is 0.0898. The predicted octanol–water partition coefficient (Wildman–Crippen LogP) is 5.04. The molecule has 5 rings (SSSR count). The van der Waals surface area contributed by atoms with Crippen LogP contribution in [0, 0.1) is 5.82 Å². The second-order valence-corrected chi connectivity index (χ2v) is 9.19. The van der Waals surface area contributed by atoms with E-state index in [0.29, 0.717) is 25.2 Å². The maximum atomic E-state index is 14.0. The molecule has 0 N–H and O–H groups in total. The number of aryl methyl sites for hydroxylation is 2. The lowest BCUT2D eigenvalue weighted by atomic mass is 10.1. The van der Waals surface area contributed by atoms with Crippen LogP contribution in [0.1, 0.15) is 21.6 Å².